The van der Waals surface area contributed by atoms with E-state index < -0.39 is 0 Å². The van der Waals surface area contributed by atoms with Crippen molar-refractivity contribution in [1.82, 2.24) is 9.88 Å². The topological polar surface area (TPSA) is 28.2 Å². The second-order valence-electron chi connectivity index (χ2n) is 6.18. The summed E-state index contributed by atoms with van der Waals surface area (Å²) in [6.07, 6.45) is 1.88. The fourth-order valence-corrected chi connectivity index (χ4v) is 3.30. The molecule has 1 N–H and O–H groups in total. The first-order valence-electron chi connectivity index (χ1n) is 8.73. The van der Waals surface area contributed by atoms with Crippen molar-refractivity contribution in [1.29, 1.82) is 0 Å². The van der Waals surface area contributed by atoms with Crippen LogP contribution in [0.4, 0.5) is 5.69 Å². The standard InChI is InChI=1S/C20H29N3S/c1-4-24-14-13-23(16-19-10-7-8-12-21-19)15-18-9-5-6-11-20(18)22-17(2)3/h5-12,17,22H,4,13-16H2,1-3H3. The number of hydrogen-bond acceptors (Lipinski definition) is 4. The molecule has 2 rings (SSSR count). The van der Waals surface area contributed by atoms with Crippen LogP contribution in [-0.2, 0) is 13.1 Å². The number of hydrogen-bond donors (Lipinski definition) is 1. The number of nitrogens with zero attached hydrogens (tertiary/aromatic N) is 2. The first-order chi connectivity index (χ1) is 11.7. The Morgan fingerprint density at radius 3 is 2.58 bits per heavy atom. The number of benzene rings is 1. The van der Waals surface area contributed by atoms with E-state index in [9.17, 15) is 0 Å². The molecular weight excluding hydrogens is 314 g/mol. The molecule has 0 unspecified atom stereocenters. The molecule has 130 valence electrons. The summed E-state index contributed by atoms with van der Waals surface area (Å²) in [6, 6.07) is 15.2. The molecule has 0 aliphatic rings. The minimum atomic E-state index is 0.436. The quantitative estimate of drug-likeness (QED) is 0.635. The van der Waals surface area contributed by atoms with Gasteiger partial charge in [0.15, 0.2) is 0 Å². The van der Waals surface area contributed by atoms with Crippen LogP contribution >= 0.6 is 11.8 Å². The van der Waals surface area contributed by atoms with Crippen molar-refractivity contribution >= 4 is 17.4 Å². The third-order valence-electron chi connectivity index (χ3n) is 3.72. The highest BCUT2D eigenvalue weighted by Crippen LogP contribution is 2.19. The lowest BCUT2D eigenvalue weighted by molar-refractivity contribution is 0.271. The Morgan fingerprint density at radius 2 is 1.88 bits per heavy atom. The van der Waals surface area contributed by atoms with Gasteiger partial charge < -0.3 is 5.32 Å². The summed E-state index contributed by atoms with van der Waals surface area (Å²) in [5.41, 5.74) is 3.72. The molecule has 2 aromatic rings. The molecule has 3 nitrogen and oxygen atoms in total. The van der Waals surface area contributed by atoms with Crippen LogP contribution in [0.15, 0.2) is 48.7 Å². The molecule has 0 saturated carbocycles. The molecule has 0 aliphatic heterocycles. The molecule has 0 bridgehead atoms. The van der Waals surface area contributed by atoms with Gasteiger partial charge in [0, 0.05) is 43.3 Å². The predicted molar refractivity (Wildman–Crippen MR) is 107 cm³/mol. The number of nitrogens with one attached hydrogen (secondary N) is 1. The molecule has 0 saturated heterocycles. The summed E-state index contributed by atoms with van der Waals surface area (Å²) in [5.74, 6) is 2.33. The maximum atomic E-state index is 4.50. The lowest BCUT2D eigenvalue weighted by atomic mass is 10.1. The molecule has 1 heterocycles. The van der Waals surface area contributed by atoms with Crippen LogP contribution in [-0.4, -0.2) is 34.0 Å². The zero-order valence-corrected chi connectivity index (χ0v) is 15.9. The van der Waals surface area contributed by atoms with Crippen molar-refractivity contribution in [3.8, 4) is 0 Å². The zero-order chi connectivity index (χ0) is 17.2. The summed E-state index contributed by atoms with van der Waals surface area (Å²) >= 11 is 1.99. The maximum Gasteiger partial charge on any atom is 0.0544 e. The van der Waals surface area contributed by atoms with Gasteiger partial charge >= 0.3 is 0 Å². The van der Waals surface area contributed by atoms with Gasteiger partial charge in [0.2, 0.25) is 0 Å². The van der Waals surface area contributed by atoms with Crippen molar-refractivity contribution in [3.63, 3.8) is 0 Å². The van der Waals surface area contributed by atoms with Gasteiger partial charge in [-0.1, -0.05) is 31.2 Å². The van der Waals surface area contributed by atoms with Gasteiger partial charge in [-0.05, 0) is 43.4 Å². The minimum Gasteiger partial charge on any atom is -0.383 e. The minimum absolute atomic E-state index is 0.436. The van der Waals surface area contributed by atoms with E-state index in [1.807, 2.05) is 24.0 Å². The van der Waals surface area contributed by atoms with Gasteiger partial charge in [0.05, 0.1) is 5.69 Å². The van der Waals surface area contributed by atoms with E-state index in [1.54, 1.807) is 0 Å². The highest BCUT2D eigenvalue weighted by atomic mass is 32.2. The van der Waals surface area contributed by atoms with Crippen LogP contribution in [0.5, 0.6) is 0 Å². The maximum absolute atomic E-state index is 4.50. The van der Waals surface area contributed by atoms with Gasteiger partial charge in [-0.25, -0.2) is 0 Å². The number of thioether (sulfide) groups is 1. The Hall–Kier alpha value is -1.52. The van der Waals surface area contributed by atoms with E-state index in [1.165, 1.54) is 17.0 Å². The fraction of sp³-hybridized carbons (Fsp3) is 0.450. The molecule has 0 fully saturated rings. The van der Waals surface area contributed by atoms with E-state index in [0.717, 1.165) is 31.1 Å². The molecule has 4 heteroatoms. The van der Waals surface area contributed by atoms with Gasteiger partial charge in [-0.3, -0.25) is 9.88 Å². The van der Waals surface area contributed by atoms with Crippen molar-refractivity contribution in [2.45, 2.75) is 39.9 Å². The van der Waals surface area contributed by atoms with Crippen LogP contribution in [0.3, 0.4) is 0 Å². The Bertz CT molecular complexity index is 586. The average Bonchev–Trinajstić information content (AvgIpc) is 2.57. The van der Waals surface area contributed by atoms with Gasteiger partial charge in [-0.2, -0.15) is 11.8 Å². The normalized spacial score (nSPS) is 11.2. The highest BCUT2D eigenvalue weighted by Gasteiger charge is 2.11. The highest BCUT2D eigenvalue weighted by molar-refractivity contribution is 7.99. The molecule has 0 spiro atoms. The molecule has 0 radical (unpaired) electrons. The summed E-state index contributed by atoms with van der Waals surface area (Å²) < 4.78 is 0. The predicted octanol–water partition coefficient (Wildman–Crippen LogP) is 4.66. The summed E-state index contributed by atoms with van der Waals surface area (Å²) in [4.78, 5) is 6.99. The van der Waals surface area contributed by atoms with Crippen molar-refractivity contribution in [2.24, 2.45) is 0 Å². The lowest BCUT2D eigenvalue weighted by Crippen LogP contribution is -2.26. The molecule has 0 amide bonds. The van der Waals surface area contributed by atoms with Crippen molar-refractivity contribution in [2.75, 3.05) is 23.4 Å². The lowest BCUT2D eigenvalue weighted by Gasteiger charge is -2.24. The number of anilines is 1. The van der Waals surface area contributed by atoms with Gasteiger partial charge in [0.25, 0.3) is 0 Å². The smallest absolute Gasteiger partial charge is 0.0544 e. The molecular formula is C20H29N3S. The third-order valence-corrected chi connectivity index (χ3v) is 4.60. The van der Waals surface area contributed by atoms with E-state index in [4.69, 9.17) is 0 Å². The van der Waals surface area contributed by atoms with Crippen LogP contribution < -0.4 is 5.32 Å². The third kappa shape index (κ3) is 6.54. The SMILES string of the molecule is CCSCCN(Cc1ccccn1)Cc1ccccc1NC(C)C. The second-order valence-corrected chi connectivity index (χ2v) is 7.58. The van der Waals surface area contributed by atoms with Gasteiger partial charge in [-0.15, -0.1) is 0 Å². The Balaban J connectivity index is 2.09. The number of rotatable bonds is 10. The van der Waals surface area contributed by atoms with E-state index in [-0.39, 0.29) is 0 Å². The van der Waals surface area contributed by atoms with Crippen LogP contribution in [0.1, 0.15) is 32.0 Å². The number of para-hydroxylation sites is 1. The first-order valence-corrected chi connectivity index (χ1v) is 9.89. The van der Waals surface area contributed by atoms with E-state index in [0.29, 0.717) is 6.04 Å². The van der Waals surface area contributed by atoms with Crippen LogP contribution in [0.2, 0.25) is 0 Å². The summed E-state index contributed by atoms with van der Waals surface area (Å²) in [6.45, 7) is 9.49. The molecule has 24 heavy (non-hydrogen) atoms. The fourth-order valence-electron chi connectivity index (χ4n) is 2.62. The van der Waals surface area contributed by atoms with Gasteiger partial charge in [0.1, 0.15) is 0 Å². The second kappa shape index (κ2) is 10.4. The first kappa shape index (κ1) is 18.8. The molecule has 1 aromatic heterocycles. The average molecular weight is 344 g/mol. The Kier molecular flexibility index (Phi) is 8.13. The molecule has 1 aromatic carbocycles. The van der Waals surface area contributed by atoms with E-state index >= 15 is 0 Å². The molecule has 0 aliphatic carbocycles. The van der Waals surface area contributed by atoms with Crippen molar-refractivity contribution in [3.05, 3.63) is 59.9 Å². The Labute approximate surface area is 150 Å². The Morgan fingerprint density at radius 1 is 1.08 bits per heavy atom. The van der Waals surface area contributed by atoms with E-state index in [2.05, 4.69) is 72.4 Å². The zero-order valence-electron chi connectivity index (χ0n) is 15.0. The number of aromatic nitrogens is 1. The number of pyridine rings is 1. The largest absolute Gasteiger partial charge is 0.383 e. The summed E-state index contributed by atoms with van der Waals surface area (Å²) in [7, 11) is 0. The van der Waals surface area contributed by atoms with Crippen molar-refractivity contribution < 1.29 is 0 Å². The summed E-state index contributed by atoms with van der Waals surface area (Å²) in [5, 5.41) is 3.56. The molecule has 0 atom stereocenters. The van der Waals surface area contributed by atoms with Crippen LogP contribution in [0.25, 0.3) is 0 Å². The monoisotopic (exact) mass is 343 g/mol. The van der Waals surface area contributed by atoms with Crippen LogP contribution in [0, 0.1) is 0 Å².